The fraction of sp³-hybridized carbons (Fsp3) is 0.929. The lowest BCUT2D eigenvalue weighted by atomic mass is 9.95. The Morgan fingerprint density at radius 2 is 1.82 bits per heavy atom. The summed E-state index contributed by atoms with van der Waals surface area (Å²) >= 11 is 0. The van der Waals surface area contributed by atoms with Crippen LogP contribution in [-0.4, -0.2) is 29.4 Å². The summed E-state index contributed by atoms with van der Waals surface area (Å²) < 4.78 is 0. The molecule has 2 atom stereocenters. The summed E-state index contributed by atoms with van der Waals surface area (Å²) in [6.07, 6.45) is 7.68. The van der Waals surface area contributed by atoms with Gasteiger partial charge in [0, 0.05) is 12.6 Å². The lowest BCUT2D eigenvalue weighted by Gasteiger charge is -2.32. The van der Waals surface area contributed by atoms with Crippen molar-refractivity contribution in [2.45, 2.75) is 64.5 Å². The van der Waals surface area contributed by atoms with Crippen LogP contribution < -0.4 is 5.73 Å². The Bertz CT molecular complexity index is 271. The zero-order valence-electron chi connectivity index (χ0n) is 11.2. The van der Waals surface area contributed by atoms with E-state index in [0.29, 0.717) is 6.04 Å². The summed E-state index contributed by atoms with van der Waals surface area (Å²) in [6, 6.07) is 0.187. The maximum Gasteiger partial charge on any atom is 0.240 e. The number of likely N-dealkylation sites (tertiary alicyclic amines) is 1. The number of amides is 1. The van der Waals surface area contributed by atoms with Gasteiger partial charge in [-0.2, -0.15) is 0 Å². The van der Waals surface area contributed by atoms with Crippen molar-refractivity contribution in [3.05, 3.63) is 0 Å². The van der Waals surface area contributed by atoms with Gasteiger partial charge in [0.25, 0.3) is 0 Å². The molecule has 98 valence electrons. The lowest BCUT2D eigenvalue weighted by molar-refractivity contribution is -0.135. The van der Waals surface area contributed by atoms with Gasteiger partial charge >= 0.3 is 0 Å². The zero-order chi connectivity index (χ0) is 12.4. The van der Waals surface area contributed by atoms with Gasteiger partial charge in [-0.15, -0.1) is 0 Å². The van der Waals surface area contributed by atoms with Gasteiger partial charge in [-0.3, -0.25) is 4.79 Å². The largest absolute Gasteiger partial charge is 0.338 e. The molecule has 1 saturated heterocycles. The number of carbonyl (C=O) groups excluding carboxylic acids is 1. The van der Waals surface area contributed by atoms with Crippen LogP contribution in [0.5, 0.6) is 0 Å². The van der Waals surface area contributed by atoms with Crippen molar-refractivity contribution in [2.75, 3.05) is 6.54 Å². The van der Waals surface area contributed by atoms with Crippen LogP contribution in [0.15, 0.2) is 0 Å². The molecular weight excluding hydrogens is 212 g/mol. The summed E-state index contributed by atoms with van der Waals surface area (Å²) in [5.74, 6) is 1.18. The Morgan fingerprint density at radius 1 is 1.18 bits per heavy atom. The van der Waals surface area contributed by atoms with E-state index < -0.39 is 0 Å². The van der Waals surface area contributed by atoms with E-state index in [2.05, 4.69) is 4.90 Å². The van der Waals surface area contributed by atoms with E-state index in [9.17, 15) is 4.79 Å². The molecule has 2 rings (SSSR count). The molecule has 3 nitrogen and oxygen atoms in total. The summed E-state index contributed by atoms with van der Waals surface area (Å²) in [5.41, 5.74) is 6.01. The fourth-order valence-electron chi connectivity index (χ4n) is 3.38. The van der Waals surface area contributed by atoms with Crippen molar-refractivity contribution < 1.29 is 4.79 Å². The van der Waals surface area contributed by atoms with Crippen molar-refractivity contribution in [1.82, 2.24) is 4.90 Å². The van der Waals surface area contributed by atoms with Crippen molar-refractivity contribution in [2.24, 2.45) is 17.6 Å². The Hall–Kier alpha value is -0.570. The van der Waals surface area contributed by atoms with E-state index >= 15 is 0 Å². The number of carbonyl (C=O) groups is 1. The third-order valence-corrected chi connectivity index (χ3v) is 4.53. The lowest BCUT2D eigenvalue weighted by Crippen LogP contribution is -2.49. The van der Waals surface area contributed by atoms with E-state index in [-0.39, 0.29) is 17.9 Å². The molecule has 0 aromatic rings. The molecule has 1 aliphatic heterocycles. The monoisotopic (exact) mass is 238 g/mol. The van der Waals surface area contributed by atoms with Gasteiger partial charge in [-0.05, 0) is 37.5 Å². The van der Waals surface area contributed by atoms with Gasteiger partial charge in [0.1, 0.15) is 0 Å². The first kappa shape index (κ1) is 12.9. The van der Waals surface area contributed by atoms with Crippen LogP contribution in [0.4, 0.5) is 0 Å². The molecule has 1 heterocycles. The molecule has 1 saturated carbocycles. The van der Waals surface area contributed by atoms with Gasteiger partial charge < -0.3 is 10.6 Å². The van der Waals surface area contributed by atoms with Crippen molar-refractivity contribution in [1.29, 1.82) is 0 Å². The number of nitrogens with two attached hydrogens (primary N) is 1. The molecular formula is C14H26N2O. The highest BCUT2D eigenvalue weighted by atomic mass is 16.2. The highest BCUT2D eigenvalue weighted by Gasteiger charge is 2.37. The number of hydrogen-bond donors (Lipinski definition) is 1. The number of rotatable bonds is 3. The third-order valence-electron chi connectivity index (χ3n) is 4.53. The van der Waals surface area contributed by atoms with Crippen LogP contribution in [0.3, 0.4) is 0 Å². The zero-order valence-corrected chi connectivity index (χ0v) is 11.2. The van der Waals surface area contributed by atoms with Gasteiger partial charge in [0.05, 0.1) is 6.04 Å². The Morgan fingerprint density at radius 3 is 2.41 bits per heavy atom. The number of nitrogens with zero attached hydrogens (tertiary/aromatic N) is 1. The van der Waals surface area contributed by atoms with Gasteiger partial charge in [0.15, 0.2) is 0 Å². The summed E-state index contributed by atoms with van der Waals surface area (Å²) in [6.45, 7) is 4.99. The van der Waals surface area contributed by atoms with Crippen molar-refractivity contribution >= 4 is 5.91 Å². The minimum Gasteiger partial charge on any atom is -0.338 e. The molecule has 2 aliphatic rings. The van der Waals surface area contributed by atoms with Crippen LogP contribution in [0.25, 0.3) is 0 Å². The second-order valence-corrected chi connectivity index (χ2v) is 6.06. The summed E-state index contributed by atoms with van der Waals surface area (Å²) in [4.78, 5) is 14.5. The Balaban J connectivity index is 2.01. The standard InChI is InChI=1S/C14H26N2O/c1-10(2)13(15)14(17)16-9-5-8-12(16)11-6-3-4-7-11/h10-13H,3-9,15H2,1-2H3/t12?,13-/m1/s1. The molecule has 0 bridgehead atoms. The van der Waals surface area contributed by atoms with Crippen molar-refractivity contribution in [3.8, 4) is 0 Å². The molecule has 1 amide bonds. The van der Waals surface area contributed by atoms with Gasteiger partial charge in [-0.25, -0.2) is 0 Å². The first-order valence-corrected chi connectivity index (χ1v) is 7.17. The summed E-state index contributed by atoms with van der Waals surface area (Å²) in [7, 11) is 0. The first-order chi connectivity index (χ1) is 8.11. The van der Waals surface area contributed by atoms with Gasteiger partial charge in [0.2, 0.25) is 5.91 Å². The first-order valence-electron chi connectivity index (χ1n) is 7.17. The van der Waals surface area contributed by atoms with Crippen LogP contribution >= 0.6 is 0 Å². The molecule has 0 radical (unpaired) electrons. The molecule has 17 heavy (non-hydrogen) atoms. The molecule has 1 aliphatic carbocycles. The SMILES string of the molecule is CC(C)[C@@H](N)C(=O)N1CCCC1C1CCCC1. The second kappa shape index (κ2) is 5.38. The number of hydrogen-bond acceptors (Lipinski definition) is 2. The smallest absolute Gasteiger partial charge is 0.240 e. The normalized spacial score (nSPS) is 28.0. The second-order valence-electron chi connectivity index (χ2n) is 6.06. The minimum absolute atomic E-state index is 0.189. The minimum atomic E-state index is -0.308. The highest BCUT2D eigenvalue weighted by molar-refractivity contribution is 5.82. The molecule has 0 aromatic carbocycles. The maximum absolute atomic E-state index is 12.4. The highest BCUT2D eigenvalue weighted by Crippen LogP contribution is 2.35. The van der Waals surface area contributed by atoms with E-state index in [4.69, 9.17) is 5.73 Å². The Labute approximate surface area is 105 Å². The average Bonchev–Trinajstić information content (AvgIpc) is 2.96. The fourth-order valence-corrected chi connectivity index (χ4v) is 3.38. The molecule has 2 fully saturated rings. The molecule has 2 N–H and O–H groups in total. The van der Waals surface area contributed by atoms with Crippen LogP contribution in [0, 0.1) is 11.8 Å². The average molecular weight is 238 g/mol. The molecule has 0 aromatic heterocycles. The van der Waals surface area contributed by atoms with Crippen LogP contribution in [0.2, 0.25) is 0 Å². The molecule has 3 heteroatoms. The molecule has 0 spiro atoms. The van der Waals surface area contributed by atoms with Gasteiger partial charge in [-0.1, -0.05) is 26.7 Å². The van der Waals surface area contributed by atoms with Crippen LogP contribution in [0.1, 0.15) is 52.4 Å². The van der Waals surface area contributed by atoms with E-state index in [1.165, 1.54) is 32.1 Å². The quantitative estimate of drug-likeness (QED) is 0.819. The van der Waals surface area contributed by atoms with E-state index in [1.54, 1.807) is 0 Å². The van der Waals surface area contributed by atoms with Crippen LogP contribution in [-0.2, 0) is 4.79 Å². The van der Waals surface area contributed by atoms with Crippen molar-refractivity contribution in [3.63, 3.8) is 0 Å². The summed E-state index contributed by atoms with van der Waals surface area (Å²) in [5, 5.41) is 0. The third kappa shape index (κ3) is 2.65. The predicted octanol–water partition coefficient (Wildman–Crippen LogP) is 2.15. The Kier molecular flexibility index (Phi) is 4.08. The molecule has 1 unspecified atom stereocenters. The topological polar surface area (TPSA) is 46.3 Å². The van der Waals surface area contributed by atoms with E-state index in [1.807, 2.05) is 13.8 Å². The maximum atomic E-state index is 12.4. The predicted molar refractivity (Wildman–Crippen MR) is 69.5 cm³/mol. The van der Waals surface area contributed by atoms with E-state index in [0.717, 1.165) is 18.9 Å².